The number of piperidine rings is 1. The number of halogens is 1. The summed E-state index contributed by atoms with van der Waals surface area (Å²) in [5.74, 6) is 0.103. The highest BCUT2D eigenvalue weighted by Crippen LogP contribution is 2.32. The number of fused-ring (bicyclic) bond motifs is 1. The molecule has 3 rings (SSSR count). The average molecular weight is 388 g/mol. The van der Waals surface area contributed by atoms with Gasteiger partial charge in [0.25, 0.3) is 0 Å². The van der Waals surface area contributed by atoms with Gasteiger partial charge in [0.1, 0.15) is 18.3 Å². The van der Waals surface area contributed by atoms with Crippen molar-refractivity contribution >= 4 is 23.5 Å². The molecule has 0 bridgehead atoms. The molecule has 0 saturated carbocycles. The molecule has 2 aliphatic heterocycles. The number of benzene rings is 1. The fraction of sp³-hybridized carbons (Fsp3) is 0.450. The summed E-state index contributed by atoms with van der Waals surface area (Å²) in [5.41, 5.74) is 1.39. The maximum Gasteiger partial charge on any atom is 0.414 e. The second-order valence-electron chi connectivity index (χ2n) is 6.95. The molecule has 150 valence electrons. The number of allylic oxidation sites excluding steroid dienone is 1. The Balaban J connectivity index is 1.57. The normalized spacial score (nSPS) is 18.9. The first-order valence-corrected chi connectivity index (χ1v) is 9.40. The van der Waals surface area contributed by atoms with E-state index in [0.717, 1.165) is 0 Å². The van der Waals surface area contributed by atoms with Gasteiger partial charge >= 0.3 is 6.09 Å². The molecular weight excluding hydrogens is 363 g/mol. The van der Waals surface area contributed by atoms with Crippen LogP contribution in [0.3, 0.4) is 0 Å². The predicted octanol–water partition coefficient (Wildman–Crippen LogP) is 2.81. The van der Waals surface area contributed by atoms with Crippen molar-refractivity contribution in [1.82, 2.24) is 10.2 Å². The van der Waals surface area contributed by atoms with Gasteiger partial charge in [-0.1, -0.05) is 6.08 Å². The van der Waals surface area contributed by atoms with Crippen molar-refractivity contribution in [3.8, 4) is 0 Å². The van der Waals surface area contributed by atoms with E-state index in [0.29, 0.717) is 43.0 Å². The fourth-order valence-corrected chi connectivity index (χ4v) is 3.56. The first-order valence-electron chi connectivity index (χ1n) is 9.40. The van der Waals surface area contributed by atoms with Crippen molar-refractivity contribution in [2.45, 2.75) is 39.3 Å². The quantitative estimate of drug-likeness (QED) is 0.636. The van der Waals surface area contributed by atoms with Gasteiger partial charge in [0.05, 0.1) is 12.2 Å². The maximum absolute atomic E-state index is 13.5. The van der Waals surface area contributed by atoms with Crippen LogP contribution in [0.4, 0.5) is 14.9 Å². The molecule has 1 aromatic rings. The minimum absolute atomic E-state index is 0.0330. The highest BCUT2D eigenvalue weighted by atomic mass is 19.1. The van der Waals surface area contributed by atoms with Crippen molar-refractivity contribution < 1.29 is 18.7 Å². The zero-order chi connectivity index (χ0) is 20.1. The Hall–Kier alpha value is -2.74. The minimum Gasteiger partial charge on any atom is -0.444 e. The fourth-order valence-electron chi connectivity index (χ4n) is 3.56. The molecule has 1 N–H and O–H groups in total. The van der Waals surface area contributed by atoms with Gasteiger partial charge < -0.3 is 10.1 Å². The molecule has 0 aliphatic carbocycles. The van der Waals surface area contributed by atoms with E-state index in [2.05, 4.69) is 15.2 Å². The van der Waals surface area contributed by atoms with Gasteiger partial charge in [0.15, 0.2) is 0 Å². The summed E-state index contributed by atoms with van der Waals surface area (Å²) in [4.78, 5) is 32.2. The van der Waals surface area contributed by atoms with Crippen molar-refractivity contribution in [2.75, 3.05) is 24.5 Å². The number of aliphatic imine (C=N–C) groups is 1. The summed E-state index contributed by atoms with van der Waals surface area (Å²) in [6.07, 6.45) is 4.45. The van der Waals surface area contributed by atoms with Crippen molar-refractivity contribution in [2.24, 2.45) is 4.99 Å². The molecule has 0 spiro atoms. The minimum atomic E-state index is -0.397. The van der Waals surface area contributed by atoms with Gasteiger partial charge in [0.2, 0.25) is 5.91 Å². The molecule has 2 aliphatic rings. The van der Waals surface area contributed by atoms with E-state index in [1.54, 1.807) is 30.2 Å². The van der Waals surface area contributed by atoms with Gasteiger partial charge in [-0.05, 0) is 44.9 Å². The van der Waals surface area contributed by atoms with E-state index >= 15 is 0 Å². The van der Waals surface area contributed by atoms with Gasteiger partial charge in [0, 0.05) is 30.9 Å². The largest absolute Gasteiger partial charge is 0.444 e. The van der Waals surface area contributed by atoms with Crippen LogP contribution in [0, 0.1) is 5.82 Å². The van der Waals surface area contributed by atoms with Crippen LogP contribution in [0.5, 0.6) is 0 Å². The highest BCUT2D eigenvalue weighted by Gasteiger charge is 2.34. The molecule has 2 amide bonds. The molecule has 0 atom stereocenters. The van der Waals surface area contributed by atoms with E-state index < -0.39 is 6.09 Å². The number of anilines is 1. The van der Waals surface area contributed by atoms with E-state index in [4.69, 9.17) is 4.74 Å². The maximum atomic E-state index is 13.5. The lowest BCUT2D eigenvalue weighted by Crippen LogP contribution is -2.51. The second kappa shape index (κ2) is 8.97. The van der Waals surface area contributed by atoms with E-state index in [1.807, 2.05) is 6.92 Å². The monoisotopic (exact) mass is 388 g/mol. The van der Waals surface area contributed by atoms with Crippen molar-refractivity contribution in [1.29, 1.82) is 0 Å². The Morgan fingerprint density at radius 1 is 1.39 bits per heavy atom. The van der Waals surface area contributed by atoms with Gasteiger partial charge in [-0.15, -0.1) is 0 Å². The number of amides is 2. The predicted molar refractivity (Wildman–Crippen MR) is 105 cm³/mol. The summed E-state index contributed by atoms with van der Waals surface area (Å²) >= 11 is 0. The SMILES string of the molecule is C/C=C\N=C(/C)NC(=O)CN1CCC(N2C(=O)OCc3cc(F)ccc32)CC1. The van der Waals surface area contributed by atoms with Crippen LogP contribution < -0.4 is 10.2 Å². The molecule has 2 heterocycles. The zero-order valence-electron chi connectivity index (χ0n) is 16.2. The van der Waals surface area contributed by atoms with E-state index in [1.165, 1.54) is 12.1 Å². The molecule has 0 radical (unpaired) electrons. The Labute approximate surface area is 163 Å². The third-order valence-corrected chi connectivity index (χ3v) is 4.88. The van der Waals surface area contributed by atoms with E-state index in [-0.39, 0.29) is 30.9 Å². The highest BCUT2D eigenvalue weighted by molar-refractivity contribution is 5.98. The lowest BCUT2D eigenvalue weighted by atomic mass is 10.0. The Bertz CT molecular complexity index is 801. The number of cyclic esters (lactones) is 1. The summed E-state index contributed by atoms with van der Waals surface area (Å²) in [6, 6.07) is 4.37. The van der Waals surface area contributed by atoms with Crippen LogP contribution in [-0.2, 0) is 16.1 Å². The van der Waals surface area contributed by atoms with Crippen LogP contribution in [-0.4, -0.2) is 48.4 Å². The van der Waals surface area contributed by atoms with Crippen LogP contribution in [0.2, 0.25) is 0 Å². The second-order valence-corrected chi connectivity index (χ2v) is 6.95. The molecule has 0 aromatic heterocycles. The summed E-state index contributed by atoms with van der Waals surface area (Å²) < 4.78 is 18.7. The average Bonchev–Trinajstić information content (AvgIpc) is 2.67. The number of amidine groups is 1. The Kier molecular flexibility index (Phi) is 6.41. The van der Waals surface area contributed by atoms with Crippen molar-refractivity contribution in [3.63, 3.8) is 0 Å². The smallest absolute Gasteiger partial charge is 0.414 e. The molecular formula is C20H25FN4O3. The van der Waals surface area contributed by atoms with Crippen LogP contribution in [0.15, 0.2) is 35.5 Å². The van der Waals surface area contributed by atoms with Crippen LogP contribution >= 0.6 is 0 Å². The van der Waals surface area contributed by atoms with Crippen LogP contribution in [0.1, 0.15) is 32.3 Å². The molecule has 8 heteroatoms. The first kappa shape index (κ1) is 20.0. The lowest BCUT2D eigenvalue weighted by molar-refractivity contribution is -0.121. The number of ether oxygens (including phenoxy) is 1. The molecule has 1 fully saturated rings. The molecule has 1 aromatic carbocycles. The third-order valence-electron chi connectivity index (χ3n) is 4.88. The zero-order valence-corrected chi connectivity index (χ0v) is 16.2. The Morgan fingerprint density at radius 3 is 2.86 bits per heavy atom. The number of nitrogens with one attached hydrogen (secondary N) is 1. The van der Waals surface area contributed by atoms with Crippen LogP contribution in [0.25, 0.3) is 0 Å². The number of hydrogen-bond donors (Lipinski definition) is 1. The molecule has 1 saturated heterocycles. The number of likely N-dealkylation sites (tertiary alicyclic amines) is 1. The van der Waals surface area contributed by atoms with Gasteiger partial charge in [-0.2, -0.15) is 0 Å². The summed E-state index contributed by atoms with van der Waals surface area (Å²) in [6.45, 7) is 5.34. The summed E-state index contributed by atoms with van der Waals surface area (Å²) in [5, 5.41) is 2.76. The third kappa shape index (κ3) is 4.75. The number of hydrogen-bond acceptors (Lipinski definition) is 5. The Morgan fingerprint density at radius 2 is 2.14 bits per heavy atom. The number of carbonyl (C=O) groups is 2. The topological polar surface area (TPSA) is 74.2 Å². The number of rotatable bonds is 4. The van der Waals surface area contributed by atoms with Crippen molar-refractivity contribution in [3.05, 3.63) is 41.9 Å². The summed E-state index contributed by atoms with van der Waals surface area (Å²) in [7, 11) is 0. The molecule has 7 nitrogen and oxygen atoms in total. The van der Waals surface area contributed by atoms with Gasteiger partial charge in [-0.25, -0.2) is 14.2 Å². The molecule has 28 heavy (non-hydrogen) atoms. The van der Waals surface area contributed by atoms with Gasteiger partial charge in [-0.3, -0.25) is 14.6 Å². The first-order chi connectivity index (χ1) is 13.5. The number of carbonyl (C=O) groups excluding carboxylic acids is 2. The number of nitrogens with zero attached hydrogens (tertiary/aromatic N) is 3. The lowest BCUT2D eigenvalue weighted by Gasteiger charge is -2.40. The standard InChI is InChI=1S/C20H25FN4O3/c1-3-8-22-14(2)23-19(26)12-24-9-6-17(7-10-24)25-18-5-4-16(21)11-15(18)13-28-20(25)27/h3-5,8,11,17H,6-7,9-10,12-13H2,1-2H3,(H,22,23,26)/b8-3-. The van der Waals surface area contributed by atoms with E-state index in [9.17, 15) is 14.0 Å². The molecule has 0 unspecified atom stereocenters.